The third-order valence-corrected chi connectivity index (χ3v) is 2.57. The number of carboxylic acids is 1. The maximum atomic E-state index is 10.5. The zero-order valence-corrected chi connectivity index (χ0v) is 11.4. The SMILES string of the molecule is CC(C)=CCCC(C)CC=CC=C(C)C(=O)O. The first-order valence-corrected chi connectivity index (χ1v) is 6.13. The number of carboxylic acid groups (broad SMARTS) is 1. The lowest BCUT2D eigenvalue weighted by atomic mass is 10.0. The monoisotopic (exact) mass is 236 g/mol. The van der Waals surface area contributed by atoms with Gasteiger partial charge in [-0.1, -0.05) is 36.8 Å². The Balaban J connectivity index is 3.88. The van der Waals surface area contributed by atoms with Crippen molar-refractivity contribution in [1.29, 1.82) is 0 Å². The van der Waals surface area contributed by atoms with Crippen LogP contribution < -0.4 is 0 Å². The lowest BCUT2D eigenvalue weighted by Gasteiger charge is -2.05. The summed E-state index contributed by atoms with van der Waals surface area (Å²) >= 11 is 0. The Morgan fingerprint density at radius 3 is 2.47 bits per heavy atom. The third kappa shape index (κ3) is 9.61. The number of carbonyl (C=O) groups is 1. The van der Waals surface area contributed by atoms with Crippen molar-refractivity contribution in [1.82, 2.24) is 0 Å². The molecule has 0 fully saturated rings. The van der Waals surface area contributed by atoms with E-state index in [1.807, 2.05) is 12.2 Å². The van der Waals surface area contributed by atoms with Crippen molar-refractivity contribution in [3.8, 4) is 0 Å². The van der Waals surface area contributed by atoms with Crippen molar-refractivity contribution in [3.63, 3.8) is 0 Å². The number of hydrogen-bond acceptors (Lipinski definition) is 1. The fourth-order valence-corrected chi connectivity index (χ4v) is 1.37. The molecule has 2 nitrogen and oxygen atoms in total. The minimum atomic E-state index is -0.855. The van der Waals surface area contributed by atoms with Gasteiger partial charge in [0.05, 0.1) is 0 Å². The average molecular weight is 236 g/mol. The molecule has 2 heteroatoms. The van der Waals surface area contributed by atoms with Gasteiger partial charge in [-0.3, -0.25) is 0 Å². The maximum absolute atomic E-state index is 10.5. The van der Waals surface area contributed by atoms with Crippen LogP contribution >= 0.6 is 0 Å². The largest absolute Gasteiger partial charge is 0.478 e. The molecule has 0 amide bonds. The summed E-state index contributed by atoms with van der Waals surface area (Å²) in [5.41, 5.74) is 1.74. The van der Waals surface area contributed by atoms with Gasteiger partial charge in [0.25, 0.3) is 0 Å². The highest BCUT2D eigenvalue weighted by Gasteiger charge is 1.98. The Hall–Kier alpha value is -1.31. The normalized spacial score (nSPS) is 13.8. The van der Waals surface area contributed by atoms with Crippen LogP contribution in [-0.2, 0) is 4.79 Å². The molecule has 96 valence electrons. The van der Waals surface area contributed by atoms with Crippen molar-refractivity contribution in [2.45, 2.75) is 47.0 Å². The first-order valence-electron chi connectivity index (χ1n) is 6.13. The van der Waals surface area contributed by atoms with E-state index in [4.69, 9.17) is 5.11 Å². The molecule has 1 unspecified atom stereocenters. The van der Waals surface area contributed by atoms with E-state index in [0.29, 0.717) is 11.5 Å². The summed E-state index contributed by atoms with van der Waals surface area (Å²) in [6.45, 7) is 8.05. The molecule has 1 atom stereocenters. The van der Waals surface area contributed by atoms with Crippen LogP contribution in [0.15, 0.2) is 35.5 Å². The maximum Gasteiger partial charge on any atom is 0.331 e. The van der Waals surface area contributed by atoms with Crippen molar-refractivity contribution >= 4 is 5.97 Å². The van der Waals surface area contributed by atoms with E-state index in [1.54, 1.807) is 13.0 Å². The number of allylic oxidation sites excluding steroid dienone is 5. The summed E-state index contributed by atoms with van der Waals surface area (Å²) in [6, 6.07) is 0. The summed E-state index contributed by atoms with van der Waals surface area (Å²) in [5.74, 6) is -0.216. The molecule has 0 aromatic heterocycles. The van der Waals surface area contributed by atoms with Gasteiger partial charge in [0, 0.05) is 5.57 Å². The van der Waals surface area contributed by atoms with Crippen LogP contribution in [0.4, 0.5) is 0 Å². The topological polar surface area (TPSA) is 37.3 Å². The zero-order valence-electron chi connectivity index (χ0n) is 11.4. The van der Waals surface area contributed by atoms with Gasteiger partial charge in [-0.05, 0) is 46.0 Å². The van der Waals surface area contributed by atoms with E-state index in [9.17, 15) is 4.79 Å². The number of aliphatic carboxylic acids is 1. The van der Waals surface area contributed by atoms with Gasteiger partial charge < -0.3 is 5.11 Å². The second-order valence-corrected chi connectivity index (χ2v) is 4.78. The Bertz CT molecular complexity index is 318. The van der Waals surface area contributed by atoms with E-state index in [2.05, 4.69) is 26.8 Å². The minimum absolute atomic E-state index is 0.374. The van der Waals surface area contributed by atoms with Gasteiger partial charge in [0.15, 0.2) is 0 Å². The number of rotatable bonds is 7. The van der Waals surface area contributed by atoms with Crippen LogP contribution in [0.2, 0.25) is 0 Å². The smallest absolute Gasteiger partial charge is 0.331 e. The van der Waals surface area contributed by atoms with Crippen molar-refractivity contribution in [2.75, 3.05) is 0 Å². The van der Waals surface area contributed by atoms with E-state index < -0.39 is 5.97 Å². The first-order chi connectivity index (χ1) is 7.93. The second-order valence-electron chi connectivity index (χ2n) is 4.78. The summed E-state index contributed by atoms with van der Waals surface area (Å²) in [5, 5.41) is 8.65. The quantitative estimate of drug-likeness (QED) is 0.405. The Kier molecular flexibility index (Phi) is 8.12. The molecule has 0 aromatic carbocycles. The van der Waals surface area contributed by atoms with Gasteiger partial charge in [0.2, 0.25) is 0 Å². The molecule has 1 N–H and O–H groups in total. The minimum Gasteiger partial charge on any atom is -0.478 e. The summed E-state index contributed by atoms with van der Waals surface area (Å²) < 4.78 is 0. The zero-order chi connectivity index (χ0) is 13.3. The summed E-state index contributed by atoms with van der Waals surface area (Å²) in [7, 11) is 0. The highest BCUT2D eigenvalue weighted by Crippen LogP contribution is 2.12. The van der Waals surface area contributed by atoms with Gasteiger partial charge in [-0.15, -0.1) is 0 Å². The van der Waals surface area contributed by atoms with Crippen LogP contribution in [0.5, 0.6) is 0 Å². The van der Waals surface area contributed by atoms with Crippen LogP contribution in [0.25, 0.3) is 0 Å². The van der Waals surface area contributed by atoms with Crippen LogP contribution in [0, 0.1) is 5.92 Å². The fourth-order valence-electron chi connectivity index (χ4n) is 1.37. The van der Waals surface area contributed by atoms with Crippen molar-refractivity contribution in [3.05, 3.63) is 35.5 Å². The van der Waals surface area contributed by atoms with Crippen LogP contribution in [0.3, 0.4) is 0 Å². The molecule has 17 heavy (non-hydrogen) atoms. The van der Waals surface area contributed by atoms with Gasteiger partial charge in [-0.25, -0.2) is 4.79 Å². The molecule has 0 aromatic rings. The molecule has 0 aliphatic heterocycles. The fraction of sp³-hybridized carbons (Fsp3) is 0.533. The molecular formula is C15H24O2. The van der Waals surface area contributed by atoms with Crippen molar-refractivity contribution in [2.24, 2.45) is 5.92 Å². The van der Waals surface area contributed by atoms with Gasteiger partial charge in [-0.2, -0.15) is 0 Å². The molecule has 0 aliphatic carbocycles. The van der Waals surface area contributed by atoms with Crippen molar-refractivity contribution < 1.29 is 9.90 Å². The molecule has 0 radical (unpaired) electrons. The van der Waals surface area contributed by atoms with E-state index in [-0.39, 0.29) is 0 Å². The highest BCUT2D eigenvalue weighted by molar-refractivity contribution is 5.86. The molecule has 0 spiro atoms. The summed E-state index contributed by atoms with van der Waals surface area (Å²) in [6.07, 6.45) is 11.1. The lowest BCUT2D eigenvalue weighted by Crippen LogP contribution is -1.95. The Morgan fingerprint density at radius 2 is 1.94 bits per heavy atom. The van der Waals surface area contributed by atoms with E-state index >= 15 is 0 Å². The van der Waals surface area contributed by atoms with E-state index in [0.717, 1.165) is 12.8 Å². The highest BCUT2D eigenvalue weighted by atomic mass is 16.4. The average Bonchev–Trinajstić information content (AvgIpc) is 2.23. The van der Waals surface area contributed by atoms with Gasteiger partial charge >= 0.3 is 5.97 Å². The van der Waals surface area contributed by atoms with Gasteiger partial charge in [0.1, 0.15) is 0 Å². The molecule has 0 saturated carbocycles. The number of hydrogen-bond donors (Lipinski definition) is 1. The second kappa shape index (κ2) is 8.80. The third-order valence-electron chi connectivity index (χ3n) is 2.57. The Labute approximate surface area is 105 Å². The molecule has 0 heterocycles. The first kappa shape index (κ1) is 15.7. The molecule has 0 aliphatic rings. The predicted octanol–water partition coefficient (Wildman–Crippen LogP) is 4.35. The van der Waals surface area contributed by atoms with E-state index in [1.165, 1.54) is 12.0 Å². The predicted molar refractivity (Wildman–Crippen MR) is 73.0 cm³/mol. The van der Waals surface area contributed by atoms with Crippen LogP contribution in [-0.4, -0.2) is 11.1 Å². The standard InChI is InChI=1S/C15H24O2/c1-12(2)8-7-10-13(3)9-5-6-11-14(4)15(16)17/h5-6,8,11,13H,7,9-10H2,1-4H3,(H,16,17). The van der Waals surface area contributed by atoms with Crippen LogP contribution in [0.1, 0.15) is 47.0 Å². The Morgan fingerprint density at radius 1 is 1.29 bits per heavy atom. The molecule has 0 bridgehead atoms. The summed E-state index contributed by atoms with van der Waals surface area (Å²) in [4.78, 5) is 10.5. The molecule has 0 rings (SSSR count). The lowest BCUT2D eigenvalue weighted by molar-refractivity contribution is -0.132. The molecule has 0 saturated heterocycles. The molecular weight excluding hydrogens is 212 g/mol.